The van der Waals surface area contributed by atoms with Crippen molar-refractivity contribution in [1.29, 1.82) is 0 Å². The predicted octanol–water partition coefficient (Wildman–Crippen LogP) is 3.09. The zero-order valence-electron chi connectivity index (χ0n) is 21.0. The number of likely N-dealkylation sites (N-methyl/N-ethyl adjacent to an activating group) is 1. The molecule has 3 aliphatic heterocycles. The van der Waals surface area contributed by atoms with Gasteiger partial charge in [-0.05, 0) is 37.5 Å². The first-order chi connectivity index (χ1) is 17.4. The lowest BCUT2D eigenvalue weighted by Crippen LogP contribution is -2.48. The second-order valence-corrected chi connectivity index (χ2v) is 9.53. The molecule has 2 aromatic rings. The van der Waals surface area contributed by atoms with Crippen LogP contribution in [0.2, 0.25) is 0 Å². The third-order valence-corrected chi connectivity index (χ3v) is 7.29. The molecule has 1 fully saturated rings. The first kappa shape index (κ1) is 24.1. The molecular weight excluding hydrogens is 456 g/mol. The summed E-state index contributed by atoms with van der Waals surface area (Å²) in [5.41, 5.74) is 4.98. The van der Waals surface area contributed by atoms with Gasteiger partial charge in [0.2, 0.25) is 5.91 Å². The van der Waals surface area contributed by atoms with E-state index in [1.807, 2.05) is 63.2 Å². The molecule has 36 heavy (non-hydrogen) atoms. The fourth-order valence-corrected chi connectivity index (χ4v) is 5.49. The van der Waals surface area contributed by atoms with Crippen molar-refractivity contribution in [3.05, 3.63) is 82.1 Å². The van der Waals surface area contributed by atoms with Gasteiger partial charge in [-0.1, -0.05) is 54.1 Å². The molecule has 0 spiro atoms. The highest BCUT2D eigenvalue weighted by molar-refractivity contribution is 6.04. The summed E-state index contributed by atoms with van der Waals surface area (Å²) in [6, 6.07) is 13.9. The highest BCUT2D eigenvalue weighted by atomic mass is 16.5. The van der Waals surface area contributed by atoms with Crippen LogP contribution in [0.4, 0.5) is 4.79 Å². The maximum absolute atomic E-state index is 14.2. The topological polar surface area (TPSA) is 82.2 Å². The Labute approximate surface area is 211 Å². The number of carbonyl (C=O) groups is 3. The highest BCUT2D eigenvalue weighted by Crippen LogP contribution is 2.40. The Morgan fingerprint density at radius 3 is 2.47 bits per heavy atom. The number of amides is 4. The Hall–Kier alpha value is -3.65. The summed E-state index contributed by atoms with van der Waals surface area (Å²) < 4.78 is 5.45. The fraction of sp³-hybridized carbons (Fsp3) is 0.393. The van der Waals surface area contributed by atoms with E-state index in [0.717, 1.165) is 22.3 Å². The zero-order chi connectivity index (χ0) is 25.4. The molecule has 0 radical (unpaired) electrons. The third kappa shape index (κ3) is 4.15. The van der Waals surface area contributed by atoms with Gasteiger partial charge < -0.3 is 19.9 Å². The lowest BCUT2D eigenvalue weighted by atomic mass is 9.91. The van der Waals surface area contributed by atoms with Gasteiger partial charge >= 0.3 is 6.03 Å². The van der Waals surface area contributed by atoms with Crippen LogP contribution in [0.1, 0.15) is 41.3 Å². The molecule has 2 atom stereocenters. The Balaban J connectivity index is 1.57. The van der Waals surface area contributed by atoms with Crippen molar-refractivity contribution in [2.75, 3.05) is 39.4 Å². The van der Waals surface area contributed by atoms with Gasteiger partial charge in [0, 0.05) is 19.6 Å². The molecule has 188 valence electrons. The Kier molecular flexibility index (Phi) is 6.53. The molecule has 8 heteroatoms. The quantitative estimate of drug-likeness (QED) is 0.701. The number of hydrogen-bond acceptors (Lipinski definition) is 4. The smallest absolute Gasteiger partial charge is 0.322 e. The van der Waals surface area contributed by atoms with Crippen LogP contribution in [0.3, 0.4) is 0 Å². The second kappa shape index (κ2) is 9.78. The molecule has 0 bridgehead atoms. The van der Waals surface area contributed by atoms with Crippen LogP contribution >= 0.6 is 0 Å². The number of ether oxygens (including phenoxy) is 1. The lowest BCUT2D eigenvalue weighted by molar-refractivity contribution is -0.146. The van der Waals surface area contributed by atoms with Crippen molar-refractivity contribution in [2.24, 2.45) is 0 Å². The molecular formula is C28H32N4O4. The van der Waals surface area contributed by atoms with Crippen LogP contribution in [0.5, 0.6) is 0 Å². The van der Waals surface area contributed by atoms with E-state index < -0.39 is 12.1 Å². The molecule has 3 aliphatic rings. The number of rotatable bonds is 5. The standard InChI is InChI=1S/C28H32N4O4/c1-4-31-22-17-32(25(20-8-6-5-7-9-20)27(34)30-12-14-36-15-13-30)26(33)23(22)24(29-28(31)35)21-11-10-18(2)16-19(21)3/h5-11,16,24-25H,4,12-15,17H2,1-3H3,(H,29,35)/t24-,25-/m1/s1. The molecule has 0 unspecified atom stereocenters. The average Bonchev–Trinajstić information content (AvgIpc) is 3.21. The van der Waals surface area contributed by atoms with Crippen molar-refractivity contribution in [3.63, 3.8) is 0 Å². The number of aryl methyl sites for hydroxylation is 2. The van der Waals surface area contributed by atoms with E-state index in [1.54, 1.807) is 14.7 Å². The van der Waals surface area contributed by atoms with Gasteiger partial charge in [0.15, 0.2) is 0 Å². The highest BCUT2D eigenvalue weighted by Gasteiger charge is 2.48. The minimum Gasteiger partial charge on any atom is -0.378 e. The third-order valence-electron chi connectivity index (χ3n) is 7.29. The minimum absolute atomic E-state index is 0.122. The molecule has 8 nitrogen and oxygen atoms in total. The number of carbonyl (C=O) groups excluding carboxylic acids is 3. The molecule has 5 rings (SSSR count). The largest absolute Gasteiger partial charge is 0.378 e. The summed E-state index contributed by atoms with van der Waals surface area (Å²) in [5.74, 6) is -0.341. The van der Waals surface area contributed by atoms with Crippen molar-refractivity contribution in [2.45, 2.75) is 32.9 Å². The summed E-state index contributed by atoms with van der Waals surface area (Å²) in [5, 5.41) is 3.06. The molecule has 0 aliphatic carbocycles. The monoisotopic (exact) mass is 488 g/mol. The molecule has 3 heterocycles. The number of benzene rings is 2. The van der Waals surface area contributed by atoms with Crippen molar-refractivity contribution in [3.8, 4) is 0 Å². The number of hydrogen-bond donors (Lipinski definition) is 1. The Morgan fingerprint density at radius 2 is 1.81 bits per heavy atom. The normalized spacial score (nSPS) is 21.0. The summed E-state index contributed by atoms with van der Waals surface area (Å²) in [7, 11) is 0. The number of urea groups is 1. The van der Waals surface area contributed by atoms with Crippen LogP contribution in [-0.2, 0) is 14.3 Å². The molecule has 0 aromatic heterocycles. The van der Waals surface area contributed by atoms with Gasteiger partial charge in [0.1, 0.15) is 6.04 Å². The summed E-state index contributed by atoms with van der Waals surface area (Å²) in [4.78, 5) is 46.2. The molecule has 4 amide bonds. The first-order valence-electron chi connectivity index (χ1n) is 12.5. The SMILES string of the molecule is CCN1C(=O)N[C@H](c2ccc(C)cc2C)C2=C1CN([C@@H](C(=O)N1CCOCC1)c1ccccc1)C2=O. The van der Waals surface area contributed by atoms with E-state index in [0.29, 0.717) is 44.1 Å². The van der Waals surface area contributed by atoms with E-state index in [-0.39, 0.29) is 24.4 Å². The van der Waals surface area contributed by atoms with Crippen molar-refractivity contribution >= 4 is 17.8 Å². The van der Waals surface area contributed by atoms with Crippen molar-refractivity contribution < 1.29 is 19.1 Å². The Morgan fingerprint density at radius 1 is 1.08 bits per heavy atom. The molecule has 0 saturated carbocycles. The van der Waals surface area contributed by atoms with Gasteiger partial charge in [0.05, 0.1) is 37.1 Å². The number of nitrogens with zero attached hydrogens (tertiary/aromatic N) is 3. The van der Waals surface area contributed by atoms with E-state index in [9.17, 15) is 14.4 Å². The number of nitrogens with one attached hydrogen (secondary N) is 1. The predicted molar refractivity (Wildman–Crippen MR) is 135 cm³/mol. The lowest BCUT2D eigenvalue weighted by Gasteiger charge is -2.35. The maximum Gasteiger partial charge on any atom is 0.322 e. The fourth-order valence-electron chi connectivity index (χ4n) is 5.49. The van der Waals surface area contributed by atoms with E-state index in [4.69, 9.17) is 4.74 Å². The van der Waals surface area contributed by atoms with E-state index in [1.165, 1.54) is 0 Å². The van der Waals surface area contributed by atoms with Gasteiger partial charge in [-0.3, -0.25) is 14.5 Å². The summed E-state index contributed by atoms with van der Waals surface area (Å²) in [6.07, 6.45) is 0. The maximum atomic E-state index is 14.2. The summed E-state index contributed by atoms with van der Waals surface area (Å²) in [6.45, 7) is 8.47. The minimum atomic E-state index is -0.782. The van der Waals surface area contributed by atoms with E-state index >= 15 is 0 Å². The van der Waals surface area contributed by atoms with Gasteiger partial charge in [-0.15, -0.1) is 0 Å². The van der Waals surface area contributed by atoms with Crippen LogP contribution in [0, 0.1) is 13.8 Å². The molecule has 2 aromatic carbocycles. The van der Waals surface area contributed by atoms with Crippen molar-refractivity contribution in [1.82, 2.24) is 20.0 Å². The molecule has 1 saturated heterocycles. The Bertz CT molecular complexity index is 1220. The zero-order valence-corrected chi connectivity index (χ0v) is 21.0. The van der Waals surface area contributed by atoms with E-state index in [2.05, 4.69) is 11.4 Å². The summed E-state index contributed by atoms with van der Waals surface area (Å²) >= 11 is 0. The van der Waals surface area contributed by atoms with Crippen LogP contribution in [-0.4, -0.2) is 71.9 Å². The van der Waals surface area contributed by atoms with Gasteiger partial charge in [-0.2, -0.15) is 0 Å². The van der Waals surface area contributed by atoms with Crippen LogP contribution in [0.15, 0.2) is 59.8 Å². The molecule has 1 N–H and O–H groups in total. The van der Waals surface area contributed by atoms with Gasteiger partial charge in [0.25, 0.3) is 5.91 Å². The van der Waals surface area contributed by atoms with Gasteiger partial charge in [-0.25, -0.2) is 4.79 Å². The second-order valence-electron chi connectivity index (χ2n) is 9.53. The average molecular weight is 489 g/mol. The first-order valence-corrected chi connectivity index (χ1v) is 12.5. The number of morpholine rings is 1. The van der Waals surface area contributed by atoms with Crippen LogP contribution < -0.4 is 5.32 Å². The van der Waals surface area contributed by atoms with Crippen LogP contribution in [0.25, 0.3) is 0 Å².